The topological polar surface area (TPSA) is 108 Å². The first-order chi connectivity index (χ1) is 12.5. The molecule has 0 atom stereocenters. The van der Waals surface area contributed by atoms with Gasteiger partial charge in [-0.15, -0.1) is 0 Å². The van der Waals surface area contributed by atoms with Gasteiger partial charge in [-0.25, -0.2) is 0 Å². The number of anilines is 1. The standard InChI is InChI=1S/C18H22N4O4/c23-15(19-11-16(24)21-13-5-6-13)10-20-18(26)12-3-7-14(8-4-12)22-9-1-2-17(22)25/h3-4,7-8,13H,1-2,5-6,9-11H2,(H,19,23)(H,20,26)(H,21,24). The third kappa shape index (κ3) is 4.81. The van der Waals surface area contributed by atoms with Crippen molar-refractivity contribution >= 4 is 29.3 Å². The van der Waals surface area contributed by atoms with Gasteiger partial charge in [-0.1, -0.05) is 0 Å². The third-order valence-electron chi connectivity index (χ3n) is 4.31. The minimum atomic E-state index is -0.427. The molecule has 4 amide bonds. The van der Waals surface area contributed by atoms with Crippen LogP contribution in [-0.4, -0.2) is 49.3 Å². The van der Waals surface area contributed by atoms with Crippen molar-refractivity contribution in [3.63, 3.8) is 0 Å². The monoisotopic (exact) mass is 358 g/mol. The second-order valence-electron chi connectivity index (χ2n) is 6.50. The van der Waals surface area contributed by atoms with E-state index in [-0.39, 0.29) is 36.9 Å². The first-order valence-corrected chi connectivity index (χ1v) is 8.77. The number of hydrogen-bond acceptors (Lipinski definition) is 4. The summed E-state index contributed by atoms with van der Waals surface area (Å²) < 4.78 is 0. The predicted octanol–water partition coefficient (Wildman–Crippen LogP) is -0.0620. The molecule has 0 aromatic heterocycles. The normalized spacial score (nSPS) is 16.3. The van der Waals surface area contributed by atoms with Crippen LogP contribution >= 0.6 is 0 Å². The lowest BCUT2D eigenvalue weighted by molar-refractivity contribution is -0.125. The number of rotatable bonds is 7. The zero-order valence-electron chi connectivity index (χ0n) is 14.4. The molecule has 3 N–H and O–H groups in total. The van der Waals surface area contributed by atoms with Crippen LogP contribution in [-0.2, 0) is 14.4 Å². The number of hydrogen-bond donors (Lipinski definition) is 3. The highest BCUT2D eigenvalue weighted by molar-refractivity contribution is 5.98. The lowest BCUT2D eigenvalue weighted by Gasteiger charge is -2.15. The zero-order valence-corrected chi connectivity index (χ0v) is 14.4. The van der Waals surface area contributed by atoms with Gasteiger partial charge in [0.15, 0.2) is 0 Å². The fraction of sp³-hybridized carbons (Fsp3) is 0.444. The van der Waals surface area contributed by atoms with Gasteiger partial charge in [-0.2, -0.15) is 0 Å². The van der Waals surface area contributed by atoms with Crippen molar-refractivity contribution in [2.45, 2.75) is 31.7 Å². The smallest absolute Gasteiger partial charge is 0.251 e. The Kier molecular flexibility index (Phi) is 5.50. The van der Waals surface area contributed by atoms with Crippen LogP contribution in [0.1, 0.15) is 36.0 Å². The molecule has 8 heteroatoms. The maximum absolute atomic E-state index is 12.1. The number of nitrogens with one attached hydrogen (secondary N) is 3. The summed E-state index contributed by atoms with van der Waals surface area (Å²) in [6.45, 7) is 0.393. The lowest BCUT2D eigenvalue weighted by Crippen LogP contribution is -2.42. The van der Waals surface area contributed by atoms with E-state index in [4.69, 9.17) is 0 Å². The van der Waals surface area contributed by atoms with Crippen molar-refractivity contribution in [2.24, 2.45) is 0 Å². The summed E-state index contributed by atoms with van der Waals surface area (Å²) in [6, 6.07) is 6.94. The number of carbonyl (C=O) groups excluding carboxylic acids is 4. The Morgan fingerprint density at radius 3 is 2.31 bits per heavy atom. The molecule has 1 saturated carbocycles. The van der Waals surface area contributed by atoms with E-state index >= 15 is 0 Å². The minimum Gasteiger partial charge on any atom is -0.352 e. The van der Waals surface area contributed by atoms with Gasteiger partial charge in [-0.3, -0.25) is 19.2 Å². The Labute approximate surface area is 151 Å². The molecule has 1 aliphatic heterocycles. The van der Waals surface area contributed by atoms with E-state index in [0.29, 0.717) is 18.5 Å². The molecule has 0 spiro atoms. The summed E-state index contributed by atoms with van der Waals surface area (Å²) in [4.78, 5) is 48.7. The van der Waals surface area contributed by atoms with Crippen molar-refractivity contribution in [2.75, 3.05) is 24.5 Å². The highest BCUT2D eigenvalue weighted by Gasteiger charge is 2.23. The quantitative estimate of drug-likeness (QED) is 0.634. The van der Waals surface area contributed by atoms with Gasteiger partial charge in [-0.05, 0) is 43.5 Å². The Hall–Kier alpha value is -2.90. The summed E-state index contributed by atoms with van der Waals surface area (Å²) in [5.41, 5.74) is 1.17. The summed E-state index contributed by atoms with van der Waals surface area (Å²) in [6.07, 6.45) is 3.37. The second kappa shape index (κ2) is 7.99. The first kappa shape index (κ1) is 17.9. The summed E-state index contributed by atoms with van der Waals surface area (Å²) in [5.74, 6) is -0.950. The number of amides is 4. The molecule has 138 valence electrons. The predicted molar refractivity (Wildman–Crippen MR) is 94.5 cm³/mol. The number of nitrogens with zero attached hydrogens (tertiary/aromatic N) is 1. The van der Waals surface area contributed by atoms with E-state index in [1.54, 1.807) is 29.2 Å². The van der Waals surface area contributed by atoms with Crippen molar-refractivity contribution in [3.05, 3.63) is 29.8 Å². The molecule has 1 aromatic carbocycles. The molecule has 2 fully saturated rings. The van der Waals surface area contributed by atoms with E-state index < -0.39 is 5.91 Å². The Bertz CT molecular complexity index is 712. The molecule has 1 aromatic rings. The van der Waals surface area contributed by atoms with Gasteiger partial charge in [0, 0.05) is 30.3 Å². The highest BCUT2D eigenvalue weighted by atomic mass is 16.2. The lowest BCUT2D eigenvalue weighted by atomic mass is 10.2. The molecule has 1 heterocycles. The largest absolute Gasteiger partial charge is 0.352 e. The van der Waals surface area contributed by atoms with Gasteiger partial charge in [0.25, 0.3) is 5.91 Å². The van der Waals surface area contributed by atoms with E-state index in [2.05, 4.69) is 16.0 Å². The van der Waals surface area contributed by atoms with Gasteiger partial charge in [0.2, 0.25) is 17.7 Å². The average molecular weight is 358 g/mol. The molecule has 8 nitrogen and oxygen atoms in total. The maximum Gasteiger partial charge on any atom is 0.251 e. The van der Waals surface area contributed by atoms with E-state index in [0.717, 1.165) is 24.9 Å². The maximum atomic E-state index is 12.1. The molecule has 3 rings (SSSR count). The van der Waals surface area contributed by atoms with Gasteiger partial charge in [0.05, 0.1) is 13.1 Å². The summed E-state index contributed by atoms with van der Waals surface area (Å²) >= 11 is 0. The van der Waals surface area contributed by atoms with Gasteiger partial charge in [0.1, 0.15) is 0 Å². The van der Waals surface area contributed by atoms with Crippen LogP contribution in [0.5, 0.6) is 0 Å². The average Bonchev–Trinajstić information content (AvgIpc) is 3.35. The van der Waals surface area contributed by atoms with Crippen LogP contribution in [0.4, 0.5) is 5.69 Å². The molecular formula is C18H22N4O4. The fourth-order valence-corrected chi connectivity index (χ4v) is 2.72. The van der Waals surface area contributed by atoms with E-state index in [9.17, 15) is 19.2 Å². The molecule has 2 aliphatic rings. The van der Waals surface area contributed by atoms with Crippen molar-refractivity contribution < 1.29 is 19.2 Å². The SMILES string of the molecule is O=C(CNC(=O)c1ccc(N2CCCC2=O)cc1)NCC(=O)NC1CC1. The Morgan fingerprint density at radius 2 is 1.69 bits per heavy atom. The van der Waals surface area contributed by atoms with Crippen molar-refractivity contribution in [1.29, 1.82) is 0 Å². The molecule has 0 bridgehead atoms. The Morgan fingerprint density at radius 1 is 1.00 bits per heavy atom. The van der Waals surface area contributed by atoms with Crippen LogP contribution < -0.4 is 20.9 Å². The Balaban J connectivity index is 1.41. The third-order valence-corrected chi connectivity index (χ3v) is 4.31. The van der Waals surface area contributed by atoms with E-state index in [1.807, 2.05) is 0 Å². The van der Waals surface area contributed by atoms with Gasteiger partial charge < -0.3 is 20.9 Å². The fourth-order valence-electron chi connectivity index (χ4n) is 2.72. The summed E-state index contributed by atoms with van der Waals surface area (Å²) in [5, 5.41) is 7.74. The second-order valence-corrected chi connectivity index (χ2v) is 6.50. The van der Waals surface area contributed by atoms with Crippen molar-refractivity contribution in [1.82, 2.24) is 16.0 Å². The molecule has 1 aliphatic carbocycles. The molecule has 0 unspecified atom stereocenters. The molecular weight excluding hydrogens is 336 g/mol. The van der Waals surface area contributed by atoms with E-state index in [1.165, 1.54) is 0 Å². The summed E-state index contributed by atoms with van der Waals surface area (Å²) in [7, 11) is 0. The zero-order chi connectivity index (χ0) is 18.5. The van der Waals surface area contributed by atoms with Gasteiger partial charge >= 0.3 is 0 Å². The van der Waals surface area contributed by atoms with Crippen LogP contribution in [0.3, 0.4) is 0 Å². The number of benzene rings is 1. The first-order valence-electron chi connectivity index (χ1n) is 8.77. The van der Waals surface area contributed by atoms with Crippen LogP contribution in [0.25, 0.3) is 0 Å². The van der Waals surface area contributed by atoms with Crippen LogP contribution in [0.15, 0.2) is 24.3 Å². The molecule has 26 heavy (non-hydrogen) atoms. The number of carbonyl (C=O) groups is 4. The molecule has 0 radical (unpaired) electrons. The highest BCUT2D eigenvalue weighted by Crippen LogP contribution is 2.21. The van der Waals surface area contributed by atoms with Crippen LogP contribution in [0.2, 0.25) is 0 Å². The molecule has 1 saturated heterocycles. The van der Waals surface area contributed by atoms with Crippen molar-refractivity contribution in [3.8, 4) is 0 Å². The minimum absolute atomic E-state index is 0.0876. The van der Waals surface area contributed by atoms with Crippen LogP contribution in [0, 0.1) is 0 Å².